The summed E-state index contributed by atoms with van der Waals surface area (Å²) in [5.74, 6) is -2.16. The number of carbonyl (C=O) groups is 2. The van der Waals surface area contributed by atoms with Gasteiger partial charge in [0.1, 0.15) is 11.4 Å². The summed E-state index contributed by atoms with van der Waals surface area (Å²) in [5.41, 5.74) is 3.03. The highest BCUT2D eigenvalue weighted by molar-refractivity contribution is 6.34. The van der Waals surface area contributed by atoms with Crippen molar-refractivity contribution in [1.82, 2.24) is 24.6 Å². The summed E-state index contributed by atoms with van der Waals surface area (Å²) in [6.45, 7) is 1.78. The molecule has 0 atom stereocenters. The first kappa shape index (κ1) is 25.6. The van der Waals surface area contributed by atoms with Crippen molar-refractivity contribution < 1.29 is 18.4 Å². The molecule has 2 amide bonds. The molecule has 0 unspecified atom stereocenters. The summed E-state index contributed by atoms with van der Waals surface area (Å²) in [5, 5.41) is 5.55. The second-order valence-electron chi connectivity index (χ2n) is 9.00. The van der Waals surface area contributed by atoms with E-state index in [-0.39, 0.29) is 24.6 Å². The van der Waals surface area contributed by atoms with Gasteiger partial charge in [0, 0.05) is 42.9 Å². The van der Waals surface area contributed by atoms with Crippen LogP contribution in [0.15, 0.2) is 59.7 Å². The Bertz CT molecular complexity index is 1710. The maximum atomic E-state index is 13.6. The molecule has 0 fully saturated rings. The number of hydrogen-bond acceptors (Lipinski definition) is 4. The highest BCUT2D eigenvalue weighted by Crippen LogP contribution is 2.33. The molecule has 0 aliphatic carbocycles. The largest absolute Gasteiger partial charge is 0.348 e. The summed E-state index contributed by atoms with van der Waals surface area (Å²) in [7, 11) is 1.62. The minimum Gasteiger partial charge on any atom is -0.348 e. The molecule has 0 saturated carbocycles. The second kappa shape index (κ2) is 10.4. The van der Waals surface area contributed by atoms with Gasteiger partial charge in [-0.3, -0.25) is 19.1 Å². The van der Waals surface area contributed by atoms with Crippen molar-refractivity contribution >= 4 is 35.2 Å². The third kappa shape index (κ3) is 5.06. The summed E-state index contributed by atoms with van der Waals surface area (Å²) in [4.78, 5) is 45.3. The van der Waals surface area contributed by atoms with Gasteiger partial charge in [0.25, 0.3) is 17.4 Å². The third-order valence-electron chi connectivity index (χ3n) is 6.52. The van der Waals surface area contributed by atoms with Crippen molar-refractivity contribution in [2.75, 3.05) is 11.9 Å². The van der Waals surface area contributed by atoms with E-state index in [1.54, 1.807) is 44.6 Å². The number of anilines is 1. The van der Waals surface area contributed by atoms with Crippen LogP contribution in [0.3, 0.4) is 0 Å². The van der Waals surface area contributed by atoms with Gasteiger partial charge >= 0.3 is 0 Å². The summed E-state index contributed by atoms with van der Waals surface area (Å²) < 4.78 is 29.7. The van der Waals surface area contributed by atoms with E-state index >= 15 is 0 Å². The Hall–Kier alpha value is -5.06. The number of aromatic nitrogens is 4. The fourth-order valence-corrected chi connectivity index (χ4v) is 4.40. The molecular formula is C28H24F2N6O3. The minimum atomic E-state index is -1.01. The first-order valence-corrected chi connectivity index (χ1v) is 12.0. The molecule has 1 aliphatic heterocycles. The van der Waals surface area contributed by atoms with Gasteiger partial charge in [0.15, 0.2) is 11.6 Å². The van der Waals surface area contributed by atoms with E-state index in [2.05, 4.69) is 20.6 Å². The Balaban J connectivity index is 1.25. The molecule has 39 heavy (non-hydrogen) atoms. The first-order chi connectivity index (χ1) is 18.7. The van der Waals surface area contributed by atoms with E-state index in [4.69, 9.17) is 0 Å². The van der Waals surface area contributed by atoms with Crippen LogP contribution in [0, 0.1) is 18.6 Å². The zero-order chi connectivity index (χ0) is 27.7. The SMILES string of the molecule is Cc1c(C(=O)NC/C=C/c2ccc3c(c2)NC(=O)/C3=C\c2ncc[nH]2)c(=O)n(Cc2ccc(F)c(F)c2)n1C. The lowest BCUT2D eigenvalue weighted by atomic mass is 10.0. The number of carbonyl (C=O) groups excluding carboxylic acids is 2. The summed E-state index contributed by atoms with van der Waals surface area (Å²) >= 11 is 0. The van der Waals surface area contributed by atoms with Gasteiger partial charge in [-0.25, -0.2) is 18.4 Å². The van der Waals surface area contributed by atoms with Gasteiger partial charge in [-0.05, 0) is 42.3 Å². The van der Waals surface area contributed by atoms with Gasteiger partial charge in [-0.15, -0.1) is 0 Å². The van der Waals surface area contributed by atoms with E-state index in [0.29, 0.717) is 28.3 Å². The molecular weight excluding hydrogens is 506 g/mol. The third-order valence-corrected chi connectivity index (χ3v) is 6.52. The zero-order valence-corrected chi connectivity index (χ0v) is 21.1. The molecule has 1 aliphatic rings. The average molecular weight is 531 g/mol. The topological polar surface area (TPSA) is 114 Å². The Morgan fingerprint density at radius 1 is 1.13 bits per heavy atom. The van der Waals surface area contributed by atoms with Crippen LogP contribution in [0.25, 0.3) is 17.7 Å². The predicted octanol–water partition coefficient (Wildman–Crippen LogP) is 3.48. The van der Waals surface area contributed by atoms with Crippen LogP contribution < -0.4 is 16.2 Å². The molecule has 0 spiro atoms. The number of hydrogen-bond donors (Lipinski definition) is 3. The molecule has 0 bridgehead atoms. The van der Waals surface area contributed by atoms with Crippen LogP contribution >= 0.6 is 0 Å². The highest BCUT2D eigenvalue weighted by atomic mass is 19.2. The Morgan fingerprint density at radius 2 is 1.95 bits per heavy atom. The van der Waals surface area contributed by atoms with E-state index in [9.17, 15) is 23.2 Å². The molecule has 3 heterocycles. The molecule has 4 aromatic rings. The van der Waals surface area contributed by atoms with Crippen LogP contribution in [0.4, 0.5) is 14.5 Å². The van der Waals surface area contributed by atoms with E-state index < -0.39 is 23.1 Å². The molecule has 198 valence electrons. The number of nitrogens with one attached hydrogen (secondary N) is 3. The van der Waals surface area contributed by atoms with Crippen molar-refractivity contribution in [2.45, 2.75) is 13.5 Å². The molecule has 0 saturated heterocycles. The maximum absolute atomic E-state index is 13.6. The van der Waals surface area contributed by atoms with Crippen molar-refractivity contribution in [1.29, 1.82) is 0 Å². The average Bonchev–Trinajstić information content (AvgIpc) is 3.59. The fourth-order valence-electron chi connectivity index (χ4n) is 4.40. The zero-order valence-electron chi connectivity index (χ0n) is 21.1. The molecule has 9 nitrogen and oxygen atoms in total. The van der Waals surface area contributed by atoms with Gasteiger partial charge in [-0.1, -0.05) is 30.4 Å². The van der Waals surface area contributed by atoms with Crippen LogP contribution in [-0.4, -0.2) is 37.7 Å². The van der Waals surface area contributed by atoms with Crippen molar-refractivity contribution in [3.63, 3.8) is 0 Å². The number of aromatic amines is 1. The van der Waals surface area contributed by atoms with Crippen LogP contribution in [0.5, 0.6) is 0 Å². The number of H-pyrrole nitrogens is 1. The summed E-state index contributed by atoms with van der Waals surface area (Å²) in [6, 6.07) is 8.92. The normalized spacial score (nSPS) is 13.7. The molecule has 0 radical (unpaired) electrons. The number of nitrogens with zero attached hydrogens (tertiary/aromatic N) is 3. The van der Waals surface area contributed by atoms with Crippen LogP contribution in [0.2, 0.25) is 0 Å². The number of fused-ring (bicyclic) bond motifs is 1. The smallest absolute Gasteiger partial charge is 0.280 e. The fraction of sp³-hybridized carbons (Fsp3) is 0.143. The quantitative estimate of drug-likeness (QED) is 0.318. The monoisotopic (exact) mass is 530 g/mol. The van der Waals surface area contributed by atoms with Crippen molar-refractivity contribution in [3.8, 4) is 0 Å². The van der Waals surface area contributed by atoms with E-state index in [0.717, 1.165) is 23.3 Å². The lowest BCUT2D eigenvalue weighted by Crippen LogP contribution is -2.31. The molecule has 3 N–H and O–H groups in total. The lowest BCUT2D eigenvalue weighted by Gasteiger charge is -2.08. The molecule has 2 aromatic carbocycles. The highest BCUT2D eigenvalue weighted by Gasteiger charge is 2.24. The van der Waals surface area contributed by atoms with E-state index in [1.165, 1.54) is 15.4 Å². The van der Waals surface area contributed by atoms with Gasteiger partial charge in [0.05, 0.1) is 12.1 Å². The van der Waals surface area contributed by atoms with Gasteiger partial charge in [-0.2, -0.15) is 0 Å². The Kier molecular flexibility index (Phi) is 6.80. The van der Waals surface area contributed by atoms with Crippen LogP contribution in [-0.2, 0) is 18.4 Å². The van der Waals surface area contributed by atoms with Crippen LogP contribution in [0.1, 0.15) is 38.6 Å². The second-order valence-corrected chi connectivity index (χ2v) is 9.00. The van der Waals surface area contributed by atoms with Gasteiger partial charge in [0.2, 0.25) is 0 Å². The number of amides is 2. The predicted molar refractivity (Wildman–Crippen MR) is 143 cm³/mol. The molecule has 11 heteroatoms. The maximum Gasteiger partial charge on any atom is 0.280 e. The number of benzene rings is 2. The molecule has 2 aromatic heterocycles. The first-order valence-electron chi connectivity index (χ1n) is 12.0. The number of imidazole rings is 1. The minimum absolute atomic E-state index is 0.0200. The Morgan fingerprint density at radius 3 is 2.69 bits per heavy atom. The standard InChI is InChI=1S/C28H24F2N6O3/c1-16-25(28(39)36(35(16)2)15-18-6-8-21(29)22(30)12-18)27(38)33-9-3-4-17-5-7-19-20(14-24-31-10-11-32-24)26(37)34-23(19)13-17/h3-8,10-14H,9,15H2,1-2H3,(H,31,32)(H,33,38)(H,34,37)/b4-3+,20-14-. The number of rotatable bonds is 7. The van der Waals surface area contributed by atoms with Crippen molar-refractivity contribution in [3.05, 3.63) is 111 Å². The number of halogens is 2. The Labute approximate surface area is 221 Å². The molecule has 5 rings (SSSR count). The lowest BCUT2D eigenvalue weighted by molar-refractivity contribution is -0.110. The van der Waals surface area contributed by atoms with Crippen molar-refractivity contribution in [2.24, 2.45) is 7.05 Å². The van der Waals surface area contributed by atoms with Gasteiger partial charge < -0.3 is 15.6 Å². The summed E-state index contributed by atoms with van der Waals surface area (Å²) in [6.07, 6.45) is 8.49. The van der Waals surface area contributed by atoms with E-state index in [1.807, 2.05) is 18.2 Å².